The van der Waals surface area contributed by atoms with E-state index in [0.717, 1.165) is 18.1 Å². The molecule has 2 N–H and O–H groups in total. The molecule has 0 amide bonds. The van der Waals surface area contributed by atoms with Crippen molar-refractivity contribution in [3.05, 3.63) is 53.9 Å². The van der Waals surface area contributed by atoms with Crippen LogP contribution in [0.25, 0.3) is 22.0 Å². The Balaban J connectivity index is 1.83. The number of benzene rings is 1. The van der Waals surface area contributed by atoms with Crippen molar-refractivity contribution in [3.63, 3.8) is 0 Å². The average molecular weight is 488 g/mol. The fourth-order valence-electron chi connectivity index (χ4n) is 4.26. The van der Waals surface area contributed by atoms with E-state index >= 15 is 0 Å². The van der Waals surface area contributed by atoms with Gasteiger partial charge < -0.3 is 14.6 Å². The zero-order chi connectivity index (χ0) is 26.0. The lowest BCUT2D eigenvalue weighted by molar-refractivity contribution is -0.194. The molecule has 0 aliphatic rings. The maximum Gasteiger partial charge on any atom is 0.216 e. The van der Waals surface area contributed by atoms with E-state index in [-0.39, 0.29) is 17.5 Å². The standard InChI is InChI=1S/C27H35F2N3O3/c1-16(2)13-27(7,32-25(33)35-26(4,5)6)15-34-24-17(3)10-18(14-31-24)20-8-9-30-22-12-19(28)11-21(29)23(20)22/h8-12,14,16,25,32-33H,13,15H2,1-7H3/t25?,27-/m0/s1. The van der Waals surface area contributed by atoms with Crippen molar-refractivity contribution in [2.75, 3.05) is 6.61 Å². The number of aryl methyl sites for hydroxylation is 1. The summed E-state index contributed by atoms with van der Waals surface area (Å²) < 4.78 is 39.9. The molecule has 6 nitrogen and oxygen atoms in total. The number of aliphatic hydroxyl groups is 1. The molecule has 2 atom stereocenters. The summed E-state index contributed by atoms with van der Waals surface area (Å²) in [5.74, 6) is -0.572. The summed E-state index contributed by atoms with van der Waals surface area (Å²) in [6.07, 6.45) is 2.70. The van der Waals surface area contributed by atoms with Crippen molar-refractivity contribution in [2.24, 2.45) is 5.92 Å². The summed E-state index contributed by atoms with van der Waals surface area (Å²) in [6, 6.07) is 5.59. The number of hydrogen-bond acceptors (Lipinski definition) is 6. The number of nitrogens with zero attached hydrogens (tertiary/aromatic N) is 2. The van der Waals surface area contributed by atoms with Gasteiger partial charge in [-0.25, -0.2) is 13.8 Å². The lowest BCUT2D eigenvalue weighted by Crippen LogP contribution is -2.55. The molecular formula is C27H35F2N3O3. The predicted molar refractivity (Wildman–Crippen MR) is 133 cm³/mol. The topological polar surface area (TPSA) is 76.5 Å². The van der Waals surface area contributed by atoms with Crippen LogP contribution in [-0.4, -0.2) is 39.2 Å². The Hall–Kier alpha value is -2.68. The van der Waals surface area contributed by atoms with Gasteiger partial charge >= 0.3 is 0 Å². The van der Waals surface area contributed by atoms with Gasteiger partial charge in [-0.05, 0) is 64.7 Å². The Morgan fingerprint density at radius 3 is 2.43 bits per heavy atom. The number of aromatic nitrogens is 2. The first-order valence-electron chi connectivity index (χ1n) is 11.7. The van der Waals surface area contributed by atoms with Crippen molar-refractivity contribution in [1.82, 2.24) is 15.3 Å². The molecule has 190 valence electrons. The van der Waals surface area contributed by atoms with Gasteiger partial charge in [-0.2, -0.15) is 0 Å². The molecule has 0 radical (unpaired) electrons. The van der Waals surface area contributed by atoms with E-state index in [1.165, 1.54) is 12.3 Å². The molecular weight excluding hydrogens is 452 g/mol. The monoisotopic (exact) mass is 487 g/mol. The minimum absolute atomic E-state index is 0.240. The second-order valence-electron chi connectivity index (χ2n) is 10.7. The van der Waals surface area contributed by atoms with E-state index in [9.17, 15) is 13.9 Å². The van der Waals surface area contributed by atoms with Gasteiger partial charge in [-0.15, -0.1) is 0 Å². The van der Waals surface area contributed by atoms with E-state index < -0.39 is 29.2 Å². The number of hydrogen-bond donors (Lipinski definition) is 2. The number of ether oxygens (including phenoxy) is 2. The van der Waals surface area contributed by atoms with Crippen LogP contribution in [0.1, 0.15) is 53.5 Å². The minimum Gasteiger partial charge on any atom is -0.476 e. The van der Waals surface area contributed by atoms with E-state index in [1.807, 2.05) is 40.7 Å². The van der Waals surface area contributed by atoms with Gasteiger partial charge in [0.1, 0.15) is 18.2 Å². The van der Waals surface area contributed by atoms with Crippen LogP contribution in [0, 0.1) is 24.5 Å². The fourth-order valence-corrected chi connectivity index (χ4v) is 4.26. The lowest BCUT2D eigenvalue weighted by Gasteiger charge is -2.36. The first-order valence-corrected chi connectivity index (χ1v) is 11.7. The molecule has 3 rings (SSSR count). The van der Waals surface area contributed by atoms with E-state index in [0.29, 0.717) is 22.9 Å². The normalized spacial score (nSPS) is 14.8. The highest BCUT2D eigenvalue weighted by Gasteiger charge is 2.31. The summed E-state index contributed by atoms with van der Waals surface area (Å²) in [5.41, 5.74) is 1.15. The van der Waals surface area contributed by atoms with Crippen LogP contribution in [0.4, 0.5) is 8.78 Å². The second-order valence-corrected chi connectivity index (χ2v) is 10.7. The molecule has 35 heavy (non-hydrogen) atoms. The summed E-state index contributed by atoms with van der Waals surface area (Å²) in [5, 5.41) is 13.8. The SMILES string of the molecule is Cc1cc(-c2ccnc3cc(F)cc(F)c23)cnc1OC[C@](C)(CC(C)C)NC(O)OC(C)(C)C. The zero-order valence-electron chi connectivity index (χ0n) is 21.4. The van der Waals surface area contributed by atoms with Gasteiger partial charge in [0.2, 0.25) is 12.3 Å². The first-order chi connectivity index (χ1) is 16.3. The molecule has 3 aromatic rings. The molecule has 8 heteroatoms. The predicted octanol–water partition coefficient (Wildman–Crippen LogP) is 5.75. The van der Waals surface area contributed by atoms with E-state index in [4.69, 9.17) is 9.47 Å². The molecule has 0 saturated carbocycles. The molecule has 0 aliphatic heterocycles. The first kappa shape index (κ1) is 26.9. The Labute approximate surface area is 205 Å². The Morgan fingerprint density at radius 2 is 1.80 bits per heavy atom. The third-order valence-corrected chi connectivity index (χ3v) is 5.42. The molecule has 0 bridgehead atoms. The van der Waals surface area contributed by atoms with Crippen molar-refractivity contribution in [3.8, 4) is 17.0 Å². The van der Waals surface area contributed by atoms with Gasteiger partial charge in [-0.1, -0.05) is 13.8 Å². The highest BCUT2D eigenvalue weighted by molar-refractivity contribution is 5.94. The summed E-state index contributed by atoms with van der Waals surface area (Å²) in [7, 11) is 0. The largest absolute Gasteiger partial charge is 0.476 e. The number of fused-ring (bicyclic) bond motifs is 1. The average Bonchev–Trinajstić information content (AvgIpc) is 2.70. The van der Waals surface area contributed by atoms with Gasteiger partial charge in [0.15, 0.2) is 0 Å². The maximum atomic E-state index is 14.6. The van der Waals surface area contributed by atoms with Crippen LogP contribution in [-0.2, 0) is 4.74 Å². The van der Waals surface area contributed by atoms with E-state index in [2.05, 4.69) is 29.1 Å². The van der Waals surface area contributed by atoms with Gasteiger partial charge in [0.25, 0.3) is 0 Å². The minimum atomic E-state index is -1.15. The number of rotatable bonds is 9. The van der Waals surface area contributed by atoms with Crippen LogP contribution in [0.2, 0.25) is 0 Å². The summed E-state index contributed by atoms with van der Waals surface area (Å²) >= 11 is 0. The van der Waals surface area contributed by atoms with Crippen LogP contribution in [0.5, 0.6) is 5.88 Å². The van der Waals surface area contributed by atoms with Crippen molar-refractivity contribution < 1.29 is 23.4 Å². The number of aliphatic hydroxyl groups excluding tert-OH is 1. The zero-order valence-corrected chi connectivity index (χ0v) is 21.4. The maximum absolute atomic E-state index is 14.6. The number of pyridine rings is 2. The second kappa shape index (κ2) is 10.5. The molecule has 2 aromatic heterocycles. The van der Waals surface area contributed by atoms with Crippen molar-refractivity contribution >= 4 is 10.9 Å². The Morgan fingerprint density at radius 1 is 1.09 bits per heavy atom. The summed E-state index contributed by atoms with van der Waals surface area (Å²) in [6.45, 7) is 13.9. The third kappa shape index (κ3) is 7.16. The number of nitrogens with one attached hydrogen (secondary N) is 1. The van der Waals surface area contributed by atoms with Crippen LogP contribution in [0.3, 0.4) is 0 Å². The van der Waals surface area contributed by atoms with Gasteiger partial charge in [-0.3, -0.25) is 10.3 Å². The van der Waals surface area contributed by atoms with E-state index in [1.54, 1.807) is 12.3 Å². The molecule has 0 saturated heterocycles. The lowest BCUT2D eigenvalue weighted by atomic mass is 9.91. The highest BCUT2D eigenvalue weighted by atomic mass is 19.1. The van der Waals surface area contributed by atoms with Crippen molar-refractivity contribution in [2.45, 2.75) is 72.4 Å². The Bertz CT molecular complexity index is 1180. The quantitative estimate of drug-likeness (QED) is 0.375. The van der Waals surface area contributed by atoms with Gasteiger partial charge in [0, 0.05) is 41.0 Å². The molecule has 0 spiro atoms. The summed E-state index contributed by atoms with van der Waals surface area (Å²) in [4.78, 5) is 8.56. The van der Waals surface area contributed by atoms with Crippen LogP contribution < -0.4 is 10.1 Å². The fraction of sp³-hybridized carbons (Fsp3) is 0.481. The van der Waals surface area contributed by atoms with Crippen LogP contribution >= 0.6 is 0 Å². The number of halogens is 2. The van der Waals surface area contributed by atoms with Crippen molar-refractivity contribution in [1.29, 1.82) is 0 Å². The highest BCUT2D eigenvalue weighted by Crippen LogP contribution is 2.32. The Kier molecular flexibility index (Phi) is 8.09. The molecule has 2 heterocycles. The molecule has 1 aromatic carbocycles. The molecule has 0 aliphatic carbocycles. The van der Waals surface area contributed by atoms with Gasteiger partial charge in [0.05, 0.1) is 16.7 Å². The molecule has 0 fully saturated rings. The third-order valence-electron chi connectivity index (χ3n) is 5.42. The van der Waals surface area contributed by atoms with Crippen LogP contribution in [0.15, 0.2) is 36.7 Å². The molecule has 1 unspecified atom stereocenters. The smallest absolute Gasteiger partial charge is 0.216 e.